The molecule has 0 aliphatic carbocycles. The number of halogens is 1. The summed E-state index contributed by atoms with van der Waals surface area (Å²) in [5.41, 5.74) is 0. The summed E-state index contributed by atoms with van der Waals surface area (Å²) < 4.78 is 27.7. The van der Waals surface area contributed by atoms with E-state index < -0.39 is 10.0 Å². The van der Waals surface area contributed by atoms with Gasteiger partial charge in [-0.3, -0.25) is 0 Å². The molecule has 1 aromatic rings. The molecular weight excluding hydrogens is 330 g/mol. The van der Waals surface area contributed by atoms with Gasteiger partial charge in [0.05, 0.1) is 3.79 Å². The predicted octanol–water partition coefficient (Wildman–Crippen LogP) is 2.39. The van der Waals surface area contributed by atoms with Gasteiger partial charge in [-0.1, -0.05) is 0 Å². The average Bonchev–Trinajstić information content (AvgIpc) is 2.91. The van der Waals surface area contributed by atoms with E-state index in [2.05, 4.69) is 15.9 Å². The Labute approximate surface area is 111 Å². The van der Waals surface area contributed by atoms with E-state index in [4.69, 9.17) is 0 Å². The largest absolute Gasteiger partial charge is 0.252 e. The number of thiophene rings is 1. The van der Waals surface area contributed by atoms with E-state index in [-0.39, 0.29) is 6.04 Å². The molecule has 2 aliphatic heterocycles. The first kappa shape index (κ1) is 11.5. The smallest absolute Gasteiger partial charge is 0.206 e. The highest BCUT2D eigenvalue weighted by molar-refractivity contribution is 9.11. The third kappa shape index (κ3) is 1.77. The van der Waals surface area contributed by atoms with E-state index in [0.717, 1.165) is 16.0 Å². The summed E-state index contributed by atoms with van der Waals surface area (Å²) in [6.07, 6.45) is 1.02. The summed E-state index contributed by atoms with van der Waals surface area (Å²) in [7, 11) is -3.24. The van der Waals surface area contributed by atoms with Crippen molar-refractivity contribution >= 4 is 49.1 Å². The Hall–Kier alpha value is 0.440. The molecule has 0 aromatic carbocycles. The maximum atomic E-state index is 12.3. The van der Waals surface area contributed by atoms with Crippen LogP contribution in [0, 0.1) is 0 Å². The standard InChI is InChI=1S/C9H10BrNO2S3/c10-8-1-2-9(15-8)16(12,13)11-4-7-3-6(11)5-14-7/h1-2,6-7H,3-5H2. The van der Waals surface area contributed by atoms with E-state index in [1.165, 1.54) is 11.3 Å². The Morgan fingerprint density at radius 2 is 2.25 bits per heavy atom. The number of sulfonamides is 1. The third-order valence-electron chi connectivity index (χ3n) is 2.96. The van der Waals surface area contributed by atoms with Gasteiger partial charge in [-0.15, -0.1) is 11.3 Å². The van der Waals surface area contributed by atoms with Gasteiger partial charge in [0, 0.05) is 23.6 Å². The minimum Gasteiger partial charge on any atom is -0.206 e. The molecule has 3 rings (SSSR count). The first-order valence-corrected chi connectivity index (χ1v) is 9.06. The lowest BCUT2D eigenvalue weighted by molar-refractivity contribution is 0.411. The number of hydrogen-bond donors (Lipinski definition) is 0. The van der Waals surface area contributed by atoms with Gasteiger partial charge in [0.15, 0.2) is 0 Å². The van der Waals surface area contributed by atoms with Gasteiger partial charge in [0.2, 0.25) is 0 Å². The Kier molecular flexibility index (Phi) is 2.87. The van der Waals surface area contributed by atoms with Gasteiger partial charge < -0.3 is 0 Å². The minimum atomic E-state index is -3.24. The Morgan fingerprint density at radius 3 is 2.75 bits per heavy atom. The van der Waals surface area contributed by atoms with Crippen molar-refractivity contribution in [1.29, 1.82) is 0 Å². The Bertz CT molecular complexity index is 513. The van der Waals surface area contributed by atoms with Crippen LogP contribution in [-0.2, 0) is 10.0 Å². The average molecular weight is 340 g/mol. The molecule has 0 radical (unpaired) electrons. The van der Waals surface area contributed by atoms with Crippen LogP contribution in [0.2, 0.25) is 0 Å². The molecule has 2 unspecified atom stereocenters. The molecule has 2 aliphatic rings. The second kappa shape index (κ2) is 3.98. The molecule has 0 saturated carbocycles. The van der Waals surface area contributed by atoms with Gasteiger partial charge >= 0.3 is 0 Å². The van der Waals surface area contributed by atoms with Gasteiger partial charge in [-0.25, -0.2) is 8.42 Å². The molecule has 2 fully saturated rings. The minimum absolute atomic E-state index is 0.223. The summed E-state index contributed by atoms with van der Waals surface area (Å²) in [6, 6.07) is 3.70. The highest BCUT2D eigenvalue weighted by Crippen LogP contribution is 2.41. The summed E-state index contributed by atoms with van der Waals surface area (Å²) >= 11 is 6.50. The molecule has 0 amide bonds. The van der Waals surface area contributed by atoms with Crippen molar-refractivity contribution in [2.24, 2.45) is 0 Å². The number of thioether (sulfide) groups is 1. The SMILES string of the molecule is O=S(=O)(c1ccc(Br)s1)N1CC2CC1CS2. The van der Waals surface area contributed by atoms with E-state index >= 15 is 0 Å². The zero-order valence-corrected chi connectivity index (χ0v) is 12.3. The second-order valence-corrected chi connectivity index (χ2v) is 9.89. The van der Waals surface area contributed by atoms with E-state index in [9.17, 15) is 8.42 Å². The van der Waals surface area contributed by atoms with Crippen molar-refractivity contribution < 1.29 is 8.42 Å². The number of rotatable bonds is 2. The molecule has 3 heterocycles. The van der Waals surface area contributed by atoms with Crippen molar-refractivity contribution in [3.63, 3.8) is 0 Å². The maximum absolute atomic E-state index is 12.3. The van der Waals surface area contributed by atoms with Crippen molar-refractivity contribution in [2.75, 3.05) is 12.3 Å². The van der Waals surface area contributed by atoms with Crippen LogP contribution in [0.25, 0.3) is 0 Å². The monoisotopic (exact) mass is 339 g/mol. The van der Waals surface area contributed by atoms with Gasteiger partial charge in [-0.05, 0) is 34.5 Å². The third-order valence-corrected chi connectivity index (χ3v) is 8.36. The first-order valence-electron chi connectivity index (χ1n) is 4.96. The lowest BCUT2D eigenvalue weighted by Crippen LogP contribution is -2.38. The fourth-order valence-corrected chi connectivity index (χ4v) is 7.65. The highest BCUT2D eigenvalue weighted by Gasteiger charge is 2.45. The summed E-state index contributed by atoms with van der Waals surface area (Å²) in [5, 5.41) is 0.517. The van der Waals surface area contributed by atoms with Crippen molar-refractivity contribution in [3.8, 4) is 0 Å². The van der Waals surface area contributed by atoms with Crippen LogP contribution in [0.15, 0.2) is 20.1 Å². The van der Waals surface area contributed by atoms with Gasteiger partial charge in [0.25, 0.3) is 10.0 Å². The lowest BCUT2D eigenvalue weighted by atomic mass is 10.3. The number of nitrogens with zero attached hydrogens (tertiary/aromatic N) is 1. The van der Waals surface area contributed by atoms with Crippen molar-refractivity contribution in [2.45, 2.75) is 21.9 Å². The molecule has 0 N–H and O–H groups in total. The van der Waals surface area contributed by atoms with Crippen LogP contribution in [0.4, 0.5) is 0 Å². The maximum Gasteiger partial charge on any atom is 0.252 e. The van der Waals surface area contributed by atoms with Crippen molar-refractivity contribution in [3.05, 3.63) is 15.9 Å². The summed E-state index contributed by atoms with van der Waals surface area (Å²) in [4.78, 5) is 0. The fourth-order valence-electron chi connectivity index (χ4n) is 2.21. The van der Waals surface area contributed by atoms with Crippen molar-refractivity contribution in [1.82, 2.24) is 4.31 Å². The van der Waals surface area contributed by atoms with E-state index in [0.29, 0.717) is 16.0 Å². The Balaban J connectivity index is 1.94. The topological polar surface area (TPSA) is 37.4 Å². The molecule has 2 bridgehead atoms. The molecule has 88 valence electrons. The van der Waals surface area contributed by atoms with Crippen LogP contribution in [0.3, 0.4) is 0 Å². The quantitative estimate of drug-likeness (QED) is 0.830. The molecule has 16 heavy (non-hydrogen) atoms. The van der Waals surface area contributed by atoms with E-state index in [1.807, 2.05) is 11.8 Å². The van der Waals surface area contributed by atoms with Crippen LogP contribution in [0.1, 0.15) is 6.42 Å². The van der Waals surface area contributed by atoms with Gasteiger partial charge in [0.1, 0.15) is 4.21 Å². The summed E-state index contributed by atoms with van der Waals surface area (Å²) in [5.74, 6) is 0.955. The lowest BCUT2D eigenvalue weighted by Gasteiger charge is -2.24. The fraction of sp³-hybridized carbons (Fsp3) is 0.556. The number of fused-ring (bicyclic) bond motifs is 2. The molecule has 0 spiro atoms. The zero-order valence-electron chi connectivity index (χ0n) is 8.30. The Morgan fingerprint density at radius 1 is 1.44 bits per heavy atom. The van der Waals surface area contributed by atoms with Gasteiger partial charge in [-0.2, -0.15) is 16.1 Å². The molecule has 3 nitrogen and oxygen atoms in total. The predicted molar refractivity (Wildman–Crippen MR) is 70.6 cm³/mol. The van der Waals surface area contributed by atoms with Crippen LogP contribution in [0.5, 0.6) is 0 Å². The zero-order chi connectivity index (χ0) is 11.3. The number of hydrogen-bond acceptors (Lipinski definition) is 4. The molecular formula is C9H10BrNO2S3. The second-order valence-electron chi connectivity index (χ2n) is 3.98. The first-order chi connectivity index (χ1) is 7.57. The highest BCUT2D eigenvalue weighted by atomic mass is 79.9. The van der Waals surface area contributed by atoms with E-state index in [1.54, 1.807) is 16.4 Å². The molecule has 7 heteroatoms. The van der Waals surface area contributed by atoms with Crippen LogP contribution in [-0.4, -0.2) is 36.3 Å². The van der Waals surface area contributed by atoms with Crippen LogP contribution >= 0.6 is 39.0 Å². The summed E-state index contributed by atoms with van der Waals surface area (Å²) in [6.45, 7) is 0.688. The molecule has 2 atom stereocenters. The van der Waals surface area contributed by atoms with Crippen LogP contribution < -0.4 is 0 Å². The molecule has 1 aromatic heterocycles. The molecule has 2 saturated heterocycles. The normalized spacial score (nSPS) is 30.1.